The molecule has 2 N–H and O–H groups in total. The molecule has 0 aliphatic rings. The fourth-order valence-electron chi connectivity index (χ4n) is 1.58. The van der Waals surface area contributed by atoms with E-state index in [0.717, 1.165) is 11.3 Å². The molecule has 0 aliphatic carbocycles. The molecule has 2 aromatic carbocycles. The summed E-state index contributed by atoms with van der Waals surface area (Å²) < 4.78 is 0. The number of hydrazine groups is 1. The highest BCUT2D eigenvalue weighted by atomic mass is 35.5. The van der Waals surface area contributed by atoms with Gasteiger partial charge in [-0.1, -0.05) is 46.9 Å². The highest BCUT2D eigenvalue weighted by Crippen LogP contribution is 2.25. The van der Waals surface area contributed by atoms with E-state index in [2.05, 4.69) is 0 Å². The molecule has 0 bridgehead atoms. The molecule has 0 radical (unpaired) electrons. The first-order chi connectivity index (χ1) is 8.54. The number of halogens is 4. The minimum atomic E-state index is 0. The second-order valence-corrected chi connectivity index (χ2v) is 5.19. The molecule has 0 unspecified atom stereocenters. The maximum absolute atomic E-state index is 5.99. The molecule has 19 heavy (non-hydrogen) atoms. The first-order valence-electron chi connectivity index (χ1n) is 5.27. The Morgan fingerprint density at radius 2 is 1.37 bits per heavy atom. The van der Waals surface area contributed by atoms with E-state index in [-0.39, 0.29) is 12.4 Å². The van der Waals surface area contributed by atoms with Gasteiger partial charge in [-0.15, -0.1) is 12.4 Å². The zero-order chi connectivity index (χ0) is 13.1. The van der Waals surface area contributed by atoms with Gasteiger partial charge in [0.25, 0.3) is 0 Å². The molecule has 0 saturated heterocycles. The second-order valence-electron chi connectivity index (χ2n) is 3.88. The average molecular weight is 338 g/mol. The Balaban J connectivity index is 0.00000180. The molecule has 0 atom stereocenters. The van der Waals surface area contributed by atoms with Gasteiger partial charge in [-0.25, -0.2) is 5.84 Å². The van der Waals surface area contributed by atoms with E-state index in [0.29, 0.717) is 21.6 Å². The Bertz CT molecular complexity index is 523. The van der Waals surface area contributed by atoms with Crippen LogP contribution >= 0.6 is 47.2 Å². The van der Waals surface area contributed by atoms with E-state index in [1.807, 2.05) is 24.3 Å². The summed E-state index contributed by atoms with van der Waals surface area (Å²) >= 11 is 17.7. The van der Waals surface area contributed by atoms with Gasteiger partial charge in [0.1, 0.15) is 0 Å². The van der Waals surface area contributed by atoms with Crippen molar-refractivity contribution in [2.75, 3.05) is 5.01 Å². The minimum absolute atomic E-state index is 0. The summed E-state index contributed by atoms with van der Waals surface area (Å²) in [6.07, 6.45) is 0. The lowest BCUT2D eigenvalue weighted by Gasteiger charge is -2.19. The number of rotatable bonds is 3. The Morgan fingerprint density at radius 1 is 0.842 bits per heavy atom. The van der Waals surface area contributed by atoms with E-state index in [1.54, 1.807) is 23.2 Å². The Morgan fingerprint density at radius 3 is 1.89 bits per heavy atom. The van der Waals surface area contributed by atoms with Crippen molar-refractivity contribution in [2.24, 2.45) is 5.84 Å². The van der Waals surface area contributed by atoms with Gasteiger partial charge in [-0.2, -0.15) is 0 Å². The van der Waals surface area contributed by atoms with Crippen molar-refractivity contribution in [3.8, 4) is 0 Å². The van der Waals surface area contributed by atoms with Crippen LogP contribution in [0.3, 0.4) is 0 Å². The summed E-state index contributed by atoms with van der Waals surface area (Å²) in [5.41, 5.74) is 1.82. The average Bonchev–Trinajstić information content (AvgIpc) is 2.31. The number of hydrogen-bond donors (Lipinski definition) is 1. The van der Waals surface area contributed by atoms with E-state index in [1.165, 1.54) is 0 Å². The SMILES string of the molecule is Cl.NN(Cc1ccc(Cl)cc1)c1cc(Cl)cc(Cl)c1. The minimum Gasteiger partial charge on any atom is -0.307 e. The Labute approximate surface area is 133 Å². The number of nitrogens with zero attached hydrogens (tertiary/aromatic N) is 1. The lowest BCUT2D eigenvalue weighted by molar-refractivity contribution is 0.853. The normalized spacial score (nSPS) is 9.89. The molecule has 0 spiro atoms. The van der Waals surface area contributed by atoms with Crippen LogP contribution in [0.2, 0.25) is 15.1 Å². The van der Waals surface area contributed by atoms with Crippen LogP contribution in [0.4, 0.5) is 5.69 Å². The van der Waals surface area contributed by atoms with Crippen LogP contribution in [0, 0.1) is 0 Å². The van der Waals surface area contributed by atoms with Gasteiger partial charge < -0.3 is 5.01 Å². The van der Waals surface area contributed by atoms with Crippen molar-refractivity contribution in [3.63, 3.8) is 0 Å². The third-order valence-corrected chi connectivity index (χ3v) is 3.13. The number of hydrogen-bond acceptors (Lipinski definition) is 2. The summed E-state index contributed by atoms with van der Waals surface area (Å²) in [6, 6.07) is 12.7. The van der Waals surface area contributed by atoms with Crippen molar-refractivity contribution in [2.45, 2.75) is 6.54 Å². The second kappa shape index (κ2) is 7.22. The Hall–Kier alpha value is -0.640. The van der Waals surface area contributed by atoms with Gasteiger partial charge in [0, 0.05) is 15.1 Å². The molecular weight excluding hydrogens is 326 g/mol. The Kier molecular flexibility index (Phi) is 6.24. The number of benzene rings is 2. The topological polar surface area (TPSA) is 29.3 Å². The first-order valence-corrected chi connectivity index (χ1v) is 6.41. The zero-order valence-electron chi connectivity index (χ0n) is 9.82. The highest BCUT2D eigenvalue weighted by Gasteiger charge is 2.05. The largest absolute Gasteiger partial charge is 0.307 e. The molecule has 0 fully saturated rings. The lowest BCUT2D eigenvalue weighted by Crippen LogP contribution is -2.29. The predicted octanol–water partition coefficient (Wildman–Crippen LogP) is 4.95. The maximum Gasteiger partial charge on any atom is 0.0592 e. The summed E-state index contributed by atoms with van der Waals surface area (Å²) in [7, 11) is 0. The lowest BCUT2D eigenvalue weighted by atomic mass is 10.2. The zero-order valence-corrected chi connectivity index (χ0v) is 12.9. The van der Waals surface area contributed by atoms with E-state index < -0.39 is 0 Å². The van der Waals surface area contributed by atoms with Crippen LogP contribution in [0.15, 0.2) is 42.5 Å². The van der Waals surface area contributed by atoms with Crippen molar-refractivity contribution in [3.05, 3.63) is 63.1 Å². The maximum atomic E-state index is 5.99. The summed E-state index contributed by atoms with van der Waals surface area (Å²) in [5.74, 6) is 5.99. The molecular formula is C13H12Cl4N2. The molecule has 2 rings (SSSR count). The molecule has 0 aromatic heterocycles. The smallest absolute Gasteiger partial charge is 0.0592 e. The first kappa shape index (κ1) is 16.4. The third-order valence-electron chi connectivity index (χ3n) is 2.45. The van der Waals surface area contributed by atoms with Gasteiger partial charge in [-0.3, -0.25) is 0 Å². The summed E-state index contributed by atoms with van der Waals surface area (Å²) in [6.45, 7) is 0.549. The molecule has 2 nitrogen and oxygen atoms in total. The number of anilines is 1. The molecule has 2 aromatic rings. The molecule has 0 saturated carbocycles. The van der Waals surface area contributed by atoms with Crippen molar-refractivity contribution >= 4 is 52.9 Å². The van der Waals surface area contributed by atoms with Crippen LogP contribution in [0.1, 0.15) is 5.56 Å². The fraction of sp³-hybridized carbons (Fsp3) is 0.0769. The molecule has 102 valence electrons. The van der Waals surface area contributed by atoms with E-state index >= 15 is 0 Å². The van der Waals surface area contributed by atoms with Crippen molar-refractivity contribution in [1.29, 1.82) is 0 Å². The van der Waals surface area contributed by atoms with Crippen LogP contribution in [0.25, 0.3) is 0 Å². The van der Waals surface area contributed by atoms with Crippen molar-refractivity contribution < 1.29 is 0 Å². The van der Waals surface area contributed by atoms with Crippen LogP contribution in [-0.4, -0.2) is 0 Å². The number of nitrogens with two attached hydrogens (primary N) is 1. The quantitative estimate of drug-likeness (QED) is 0.634. The standard InChI is InChI=1S/C13H11Cl3N2.ClH/c14-10-3-1-9(2-4-10)8-18(17)13-6-11(15)5-12(16)7-13;/h1-7H,8,17H2;1H. The summed E-state index contributed by atoms with van der Waals surface area (Å²) in [5, 5.41) is 3.40. The fourth-order valence-corrected chi connectivity index (χ4v) is 2.22. The van der Waals surface area contributed by atoms with Crippen LogP contribution in [-0.2, 0) is 6.54 Å². The van der Waals surface area contributed by atoms with Gasteiger partial charge in [0.2, 0.25) is 0 Å². The molecule has 0 amide bonds. The summed E-state index contributed by atoms with van der Waals surface area (Å²) in [4.78, 5) is 0. The van der Waals surface area contributed by atoms with Gasteiger partial charge in [0.05, 0.1) is 12.2 Å². The third kappa shape index (κ3) is 4.75. The van der Waals surface area contributed by atoms with E-state index in [9.17, 15) is 0 Å². The molecule has 6 heteroatoms. The van der Waals surface area contributed by atoms with E-state index in [4.69, 9.17) is 40.6 Å². The van der Waals surface area contributed by atoms with Crippen molar-refractivity contribution in [1.82, 2.24) is 0 Å². The predicted molar refractivity (Wildman–Crippen MR) is 85.5 cm³/mol. The highest BCUT2D eigenvalue weighted by molar-refractivity contribution is 6.35. The van der Waals surface area contributed by atoms with Crippen LogP contribution in [0.5, 0.6) is 0 Å². The van der Waals surface area contributed by atoms with Gasteiger partial charge in [0.15, 0.2) is 0 Å². The molecule has 0 heterocycles. The van der Waals surface area contributed by atoms with Gasteiger partial charge in [-0.05, 0) is 35.9 Å². The van der Waals surface area contributed by atoms with Crippen LogP contribution < -0.4 is 10.9 Å². The monoisotopic (exact) mass is 336 g/mol. The molecule has 0 aliphatic heterocycles. The van der Waals surface area contributed by atoms with Gasteiger partial charge >= 0.3 is 0 Å².